The first-order valence-electron chi connectivity index (χ1n) is 5.67. The van der Waals surface area contributed by atoms with Gasteiger partial charge in [-0.25, -0.2) is 15.8 Å². The Balaban J connectivity index is 2.24. The van der Waals surface area contributed by atoms with Crippen LogP contribution in [-0.2, 0) is 5.75 Å². The maximum atomic E-state index is 5.44. The normalized spacial score (nSPS) is 16.6. The molecular formula is C11H18N4S. The van der Waals surface area contributed by atoms with E-state index < -0.39 is 0 Å². The molecule has 1 aliphatic rings. The van der Waals surface area contributed by atoms with Crippen LogP contribution in [-0.4, -0.2) is 16.2 Å². The molecule has 0 aliphatic heterocycles. The number of nitrogen functional groups attached to an aromatic ring is 1. The first kappa shape index (κ1) is 11.7. The summed E-state index contributed by atoms with van der Waals surface area (Å²) >= 11 is 1.73. The second-order valence-corrected chi connectivity index (χ2v) is 5.02. The van der Waals surface area contributed by atoms with Crippen molar-refractivity contribution in [2.24, 2.45) is 5.84 Å². The van der Waals surface area contributed by atoms with Gasteiger partial charge in [-0.05, 0) is 19.1 Å². The van der Waals surface area contributed by atoms with Gasteiger partial charge in [-0.3, -0.25) is 0 Å². The SMILES string of the molecule is CSCc1nc(NN)cc(C2CCCC2)n1. The Hall–Kier alpha value is -0.810. The average molecular weight is 238 g/mol. The average Bonchev–Trinajstić information content (AvgIpc) is 2.82. The summed E-state index contributed by atoms with van der Waals surface area (Å²) in [5.74, 6) is 8.50. The monoisotopic (exact) mass is 238 g/mol. The summed E-state index contributed by atoms with van der Waals surface area (Å²) in [6.07, 6.45) is 7.19. The third-order valence-electron chi connectivity index (χ3n) is 2.99. The van der Waals surface area contributed by atoms with Crippen molar-refractivity contribution in [3.05, 3.63) is 17.6 Å². The second kappa shape index (κ2) is 5.50. The van der Waals surface area contributed by atoms with Crippen molar-refractivity contribution in [1.82, 2.24) is 9.97 Å². The van der Waals surface area contributed by atoms with Gasteiger partial charge in [-0.2, -0.15) is 11.8 Å². The number of hydrogen-bond acceptors (Lipinski definition) is 5. The summed E-state index contributed by atoms with van der Waals surface area (Å²) in [5, 5.41) is 0. The lowest BCUT2D eigenvalue weighted by molar-refractivity contribution is 0.689. The van der Waals surface area contributed by atoms with E-state index >= 15 is 0 Å². The minimum atomic E-state index is 0.607. The molecule has 0 atom stereocenters. The van der Waals surface area contributed by atoms with Crippen LogP contribution in [0.1, 0.15) is 43.1 Å². The highest BCUT2D eigenvalue weighted by atomic mass is 32.2. The minimum absolute atomic E-state index is 0.607. The number of hydrogen-bond donors (Lipinski definition) is 2. The number of nitrogens with two attached hydrogens (primary N) is 1. The van der Waals surface area contributed by atoms with Gasteiger partial charge >= 0.3 is 0 Å². The fourth-order valence-electron chi connectivity index (χ4n) is 2.22. The molecule has 0 bridgehead atoms. The van der Waals surface area contributed by atoms with Crippen molar-refractivity contribution in [3.8, 4) is 0 Å². The molecule has 1 aromatic rings. The van der Waals surface area contributed by atoms with Crippen LogP contribution in [0.5, 0.6) is 0 Å². The lowest BCUT2D eigenvalue weighted by Crippen LogP contribution is -2.12. The van der Waals surface area contributed by atoms with Crippen LogP contribution in [0.15, 0.2) is 6.07 Å². The van der Waals surface area contributed by atoms with Gasteiger partial charge in [0.25, 0.3) is 0 Å². The largest absolute Gasteiger partial charge is 0.308 e. The van der Waals surface area contributed by atoms with Crippen molar-refractivity contribution >= 4 is 17.6 Å². The van der Waals surface area contributed by atoms with Gasteiger partial charge in [0, 0.05) is 17.7 Å². The van der Waals surface area contributed by atoms with Gasteiger partial charge in [-0.1, -0.05) is 12.8 Å². The molecule has 0 spiro atoms. The van der Waals surface area contributed by atoms with E-state index in [4.69, 9.17) is 5.84 Å². The summed E-state index contributed by atoms with van der Waals surface area (Å²) < 4.78 is 0. The number of anilines is 1. The third kappa shape index (κ3) is 2.65. The highest BCUT2D eigenvalue weighted by Crippen LogP contribution is 2.33. The number of nitrogens with zero attached hydrogens (tertiary/aromatic N) is 2. The Morgan fingerprint density at radius 1 is 1.44 bits per heavy atom. The molecule has 1 aliphatic carbocycles. The van der Waals surface area contributed by atoms with Crippen molar-refractivity contribution in [3.63, 3.8) is 0 Å². The van der Waals surface area contributed by atoms with E-state index in [9.17, 15) is 0 Å². The molecule has 1 fully saturated rings. The molecule has 16 heavy (non-hydrogen) atoms. The van der Waals surface area contributed by atoms with Crippen LogP contribution in [0.4, 0.5) is 5.82 Å². The molecule has 0 aromatic carbocycles. The van der Waals surface area contributed by atoms with Crippen molar-refractivity contribution in [1.29, 1.82) is 0 Å². The fraction of sp³-hybridized carbons (Fsp3) is 0.636. The van der Waals surface area contributed by atoms with Crippen LogP contribution in [0.2, 0.25) is 0 Å². The first-order valence-corrected chi connectivity index (χ1v) is 7.06. The standard InChI is InChI=1S/C11H18N4S/c1-16-7-11-13-9(6-10(14-11)15-12)8-4-2-3-5-8/h6,8H,2-5,7,12H2,1H3,(H,13,14,15). The quantitative estimate of drug-likeness (QED) is 0.622. The molecule has 1 saturated carbocycles. The van der Waals surface area contributed by atoms with Gasteiger partial charge in [0.2, 0.25) is 0 Å². The van der Waals surface area contributed by atoms with E-state index in [0.29, 0.717) is 5.92 Å². The van der Waals surface area contributed by atoms with Crippen LogP contribution in [0.25, 0.3) is 0 Å². The maximum absolute atomic E-state index is 5.44. The fourth-order valence-corrected chi connectivity index (χ4v) is 2.60. The summed E-state index contributed by atoms with van der Waals surface area (Å²) in [4.78, 5) is 8.97. The zero-order valence-corrected chi connectivity index (χ0v) is 10.4. The predicted octanol–water partition coefficient (Wildman–Crippen LogP) is 2.28. The highest BCUT2D eigenvalue weighted by molar-refractivity contribution is 7.97. The van der Waals surface area contributed by atoms with Crippen LogP contribution >= 0.6 is 11.8 Å². The molecule has 2 rings (SSSR count). The number of thioether (sulfide) groups is 1. The maximum Gasteiger partial charge on any atom is 0.143 e. The van der Waals surface area contributed by atoms with Crippen molar-refractivity contribution in [2.75, 3.05) is 11.7 Å². The molecule has 5 heteroatoms. The topological polar surface area (TPSA) is 63.8 Å². The van der Waals surface area contributed by atoms with Gasteiger partial charge < -0.3 is 5.43 Å². The van der Waals surface area contributed by atoms with Gasteiger partial charge in [0.1, 0.15) is 11.6 Å². The minimum Gasteiger partial charge on any atom is -0.308 e. The van der Waals surface area contributed by atoms with Gasteiger partial charge in [0.15, 0.2) is 0 Å². The van der Waals surface area contributed by atoms with Crippen molar-refractivity contribution < 1.29 is 0 Å². The van der Waals surface area contributed by atoms with Gasteiger partial charge in [0.05, 0.1) is 5.75 Å². The van der Waals surface area contributed by atoms with E-state index in [1.807, 2.05) is 6.07 Å². The highest BCUT2D eigenvalue weighted by Gasteiger charge is 2.19. The summed E-state index contributed by atoms with van der Waals surface area (Å²) in [5.41, 5.74) is 3.79. The molecule has 0 radical (unpaired) electrons. The Bertz CT molecular complexity index is 350. The van der Waals surface area contributed by atoms with Crippen LogP contribution in [0.3, 0.4) is 0 Å². The molecule has 0 saturated heterocycles. The number of rotatable bonds is 4. The van der Waals surface area contributed by atoms with E-state index in [-0.39, 0.29) is 0 Å². The Morgan fingerprint density at radius 2 is 2.19 bits per heavy atom. The third-order valence-corrected chi connectivity index (χ3v) is 3.53. The predicted molar refractivity (Wildman–Crippen MR) is 68.3 cm³/mol. The molecule has 0 unspecified atom stereocenters. The second-order valence-electron chi connectivity index (χ2n) is 4.15. The molecule has 88 valence electrons. The molecule has 0 amide bonds. The Morgan fingerprint density at radius 3 is 2.81 bits per heavy atom. The van der Waals surface area contributed by atoms with E-state index in [1.54, 1.807) is 11.8 Å². The van der Waals surface area contributed by atoms with E-state index in [1.165, 1.54) is 25.7 Å². The summed E-state index contributed by atoms with van der Waals surface area (Å²) in [6.45, 7) is 0. The molecule has 3 N–H and O–H groups in total. The Labute approximate surface area is 100 Å². The number of aromatic nitrogens is 2. The first-order chi connectivity index (χ1) is 7.83. The smallest absolute Gasteiger partial charge is 0.143 e. The zero-order valence-electron chi connectivity index (χ0n) is 9.57. The number of nitrogens with one attached hydrogen (secondary N) is 1. The molecule has 1 aromatic heterocycles. The van der Waals surface area contributed by atoms with Crippen molar-refractivity contribution in [2.45, 2.75) is 37.4 Å². The summed E-state index contributed by atoms with van der Waals surface area (Å²) in [6, 6.07) is 1.99. The summed E-state index contributed by atoms with van der Waals surface area (Å²) in [7, 11) is 0. The number of hydrazine groups is 1. The lowest BCUT2D eigenvalue weighted by Gasteiger charge is -2.11. The molecule has 4 nitrogen and oxygen atoms in total. The van der Waals surface area contributed by atoms with Gasteiger partial charge in [-0.15, -0.1) is 0 Å². The Kier molecular flexibility index (Phi) is 4.01. The lowest BCUT2D eigenvalue weighted by atomic mass is 10.0. The van der Waals surface area contributed by atoms with Crippen LogP contribution < -0.4 is 11.3 Å². The van der Waals surface area contributed by atoms with Crippen LogP contribution in [0, 0.1) is 0 Å². The molecule has 1 heterocycles. The molecular weight excluding hydrogens is 220 g/mol. The van der Waals surface area contributed by atoms with E-state index in [0.717, 1.165) is 23.1 Å². The zero-order chi connectivity index (χ0) is 11.4. The van der Waals surface area contributed by atoms with E-state index in [2.05, 4.69) is 21.6 Å².